The summed E-state index contributed by atoms with van der Waals surface area (Å²) in [5.74, 6) is 0.320. The van der Waals surface area contributed by atoms with Gasteiger partial charge in [0, 0.05) is 44.0 Å². The zero-order chi connectivity index (χ0) is 18.4. The topological polar surface area (TPSA) is 61.9 Å². The monoisotopic (exact) mass is 359 g/mol. The van der Waals surface area contributed by atoms with Gasteiger partial charge in [-0.25, -0.2) is 0 Å². The van der Waals surface area contributed by atoms with E-state index in [-0.39, 0.29) is 11.8 Å². The molecular weight excluding hydrogens is 330 g/mol. The molecule has 1 aromatic carbocycles. The predicted octanol–water partition coefficient (Wildman–Crippen LogP) is 2.32. The zero-order valence-corrected chi connectivity index (χ0v) is 15.6. The third-order valence-corrected chi connectivity index (χ3v) is 5.32. The molecule has 1 atom stereocenters. The highest BCUT2D eigenvalue weighted by Crippen LogP contribution is 2.27. The van der Waals surface area contributed by atoms with Crippen molar-refractivity contribution in [3.63, 3.8) is 0 Å². The van der Waals surface area contributed by atoms with E-state index in [1.165, 1.54) is 6.42 Å². The van der Waals surface area contributed by atoms with E-state index in [2.05, 4.69) is 17.1 Å². The van der Waals surface area contributed by atoms with Crippen LogP contribution in [0.25, 0.3) is 0 Å². The van der Waals surface area contributed by atoms with Crippen molar-refractivity contribution in [1.82, 2.24) is 9.80 Å². The third-order valence-electron chi connectivity index (χ3n) is 5.32. The van der Waals surface area contributed by atoms with Crippen molar-refractivity contribution < 1.29 is 14.3 Å². The Balaban J connectivity index is 1.74. The van der Waals surface area contributed by atoms with Gasteiger partial charge in [-0.05, 0) is 42.9 Å². The van der Waals surface area contributed by atoms with Crippen molar-refractivity contribution in [2.75, 3.05) is 51.3 Å². The van der Waals surface area contributed by atoms with Crippen LogP contribution in [-0.2, 0) is 9.53 Å². The van der Waals surface area contributed by atoms with Crippen molar-refractivity contribution in [2.24, 2.45) is 0 Å². The molecule has 1 aromatic rings. The average molecular weight is 359 g/mol. The first-order valence-corrected chi connectivity index (χ1v) is 9.62. The van der Waals surface area contributed by atoms with Crippen molar-refractivity contribution in [1.29, 1.82) is 0 Å². The minimum absolute atomic E-state index is 0.0611. The average Bonchev–Trinajstić information content (AvgIpc) is 2.69. The minimum Gasteiger partial charge on any atom is -0.379 e. The molecule has 0 aromatic heterocycles. The summed E-state index contributed by atoms with van der Waals surface area (Å²) >= 11 is 0. The van der Waals surface area contributed by atoms with Crippen molar-refractivity contribution in [3.8, 4) is 0 Å². The summed E-state index contributed by atoms with van der Waals surface area (Å²) < 4.78 is 5.41. The second-order valence-electron chi connectivity index (χ2n) is 7.23. The van der Waals surface area contributed by atoms with E-state index in [1.807, 2.05) is 23.1 Å². The van der Waals surface area contributed by atoms with Crippen LogP contribution in [0.15, 0.2) is 18.2 Å². The molecular formula is C20H29N3O3. The number of nitrogens with one attached hydrogen (secondary N) is 1. The Hall–Kier alpha value is -1.92. The van der Waals surface area contributed by atoms with Crippen molar-refractivity contribution in [2.45, 2.75) is 32.1 Å². The van der Waals surface area contributed by atoms with Gasteiger partial charge in [0.15, 0.2) is 0 Å². The molecule has 0 bridgehead atoms. The van der Waals surface area contributed by atoms with Gasteiger partial charge in [0.25, 0.3) is 5.91 Å². The first-order chi connectivity index (χ1) is 12.7. The smallest absolute Gasteiger partial charge is 0.253 e. The Kier molecular flexibility index (Phi) is 6.63. The van der Waals surface area contributed by atoms with Gasteiger partial charge < -0.3 is 15.0 Å². The number of carbonyl (C=O) groups excluding carboxylic acids is 2. The first kappa shape index (κ1) is 18.9. The summed E-state index contributed by atoms with van der Waals surface area (Å²) in [5, 5.41) is 2.80. The molecule has 6 nitrogen and oxygen atoms in total. The van der Waals surface area contributed by atoms with Crippen molar-refractivity contribution >= 4 is 18.0 Å². The van der Waals surface area contributed by atoms with Crippen LogP contribution in [-0.4, -0.2) is 68.1 Å². The maximum atomic E-state index is 12.7. The molecule has 2 heterocycles. The van der Waals surface area contributed by atoms with Crippen LogP contribution >= 0.6 is 0 Å². The van der Waals surface area contributed by atoms with E-state index in [0.29, 0.717) is 12.0 Å². The number of carbonyl (C=O) groups is 2. The SMILES string of the molecule is CC(CN1CCOCC1)c1ccc(C(=O)N2CCCCC2)cc1NC=O. The van der Waals surface area contributed by atoms with Crippen LogP contribution in [0.3, 0.4) is 0 Å². The van der Waals surface area contributed by atoms with Gasteiger partial charge >= 0.3 is 0 Å². The lowest BCUT2D eigenvalue weighted by molar-refractivity contribution is -0.105. The highest BCUT2D eigenvalue weighted by Gasteiger charge is 2.21. The quantitative estimate of drug-likeness (QED) is 0.792. The fourth-order valence-corrected chi connectivity index (χ4v) is 3.86. The molecule has 3 rings (SSSR count). The van der Waals surface area contributed by atoms with Crippen LogP contribution in [0.4, 0.5) is 5.69 Å². The number of piperidine rings is 1. The predicted molar refractivity (Wildman–Crippen MR) is 102 cm³/mol. The molecule has 1 unspecified atom stereocenters. The van der Waals surface area contributed by atoms with Crippen LogP contribution in [0, 0.1) is 0 Å². The van der Waals surface area contributed by atoms with Gasteiger partial charge in [-0.15, -0.1) is 0 Å². The summed E-state index contributed by atoms with van der Waals surface area (Å²) in [7, 11) is 0. The van der Waals surface area contributed by atoms with E-state index < -0.39 is 0 Å². The lowest BCUT2D eigenvalue weighted by atomic mass is 9.96. The number of anilines is 1. The molecule has 2 aliphatic rings. The number of morpholine rings is 1. The number of ether oxygens (including phenoxy) is 1. The number of hydrogen-bond acceptors (Lipinski definition) is 4. The molecule has 2 amide bonds. The molecule has 0 aliphatic carbocycles. The van der Waals surface area contributed by atoms with Gasteiger partial charge in [0.1, 0.15) is 0 Å². The Morgan fingerprint density at radius 3 is 2.62 bits per heavy atom. The number of benzene rings is 1. The number of hydrogen-bond donors (Lipinski definition) is 1. The molecule has 0 radical (unpaired) electrons. The van der Waals surface area contributed by atoms with E-state index in [1.54, 1.807) is 0 Å². The van der Waals surface area contributed by atoms with Gasteiger partial charge in [-0.1, -0.05) is 13.0 Å². The standard InChI is InChI=1S/C20H29N3O3/c1-16(14-22-9-11-26-12-10-22)18-6-5-17(13-19(18)21-15-24)20(25)23-7-3-2-4-8-23/h5-6,13,15-16H,2-4,7-12,14H2,1H3,(H,21,24). The first-order valence-electron chi connectivity index (χ1n) is 9.62. The van der Waals surface area contributed by atoms with Gasteiger partial charge in [-0.3, -0.25) is 14.5 Å². The maximum Gasteiger partial charge on any atom is 0.253 e. The Labute approximate surface area is 155 Å². The highest BCUT2D eigenvalue weighted by molar-refractivity contribution is 5.96. The van der Waals surface area contributed by atoms with Gasteiger partial charge in [0.2, 0.25) is 6.41 Å². The lowest BCUT2D eigenvalue weighted by Gasteiger charge is -2.30. The second kappa shape index (κ2) is 9.14. The van der Waals surface area contributed by atoms with Crippen LogP contribution < -0.4 is 5.32 Å². The summed E-state index contributed by atoms with van der Waals surface area (Å²) in [4.78, 5) is 28.1. The van der Waals surface area contributed by atoms with E-state index in [9.17, 15) is 9.59 Å². The molecule has 0 saturated carbocycles. The molecule has 2 saturated heterocycles. The van der Waals surface area contributed by atoms with E-state index in [0.717, 1.165) is 70.0 Å². The highest BCUT2D eigenvalue weighted by atomic mass is 16.5. The molecule has 0 spiro atoms. The van der Waals surface area contributed by atoms with Crippen LogP contribution in [0.1, 0.15) is 48.0 Å². The summed E-state index contributed by atoms with van der Waals surface area (Å²) in [6.07, 6.45) is 4.02. The summed E-state index contributed by atoms with van der Waals surface area (Å²) in [5.41, 5.74) is 2.46. The summed E-state index contributed by atoms with van der Waals surface area (Å²) in [6, 6.07) is 5.72. The molecule has 2 aliphatic heterocycles. The fraction of sp³-hybridized carbons (Fsp3) is 0.600. The largest absolute Gasteiger partial charge is 0.379 e. The molecule has 2 fully saturated rings. The Bertz CT molecular complexity index is 623. The van der Waals surface area contributed by atoms with Gasteiger partial charge in [-0.2, -0.15) is 0 Å². The number of nitrogens with zero attached hydrogens (tertiary/aromatic N) is 2. The summed E-state index contributed by atoms with van der Waals surface area (Å²) in [6.45, 7) is 8.14. The van der Waals surface area contributed by atoms with E-state index in [4.69, 9.17) is 4.74 Å². The lowest BCUT2D eigenvalue weighted by Crippen LogP contribution is -2.38. The molecule has 26 heavy (non-hydrogen) atoms. The van der Waals surface area contributed by atoms with Crippen LogP contribution in [0.5, 0.6) is 0 Å². The zero-order valence-electron chi connectivity index (χ0n) is 15.6. The fourth-order valence-electron chi connectivity index (χ4n) is 3.86. The Morgan fingerprint density at radius 2 is 1.92 bits per heavy atom. The van der Waals surface area contributed by atoms with Crippen molar-refractivity contribution in [3.05, 3.63) is 29.3 Å². The normalized spacial score (nSPS) is 19.8. The van der Waals surface area contributed by atoms with E-state index >= 15 is 0 Å². The minimum atomic E-state index is 0.0611. The van der Waals surface area contributed by atoms with Gasteiger partial charge in [0.05, 0.1) is 13.2 Å². The molecule has 142 valence electrons. The maximum absolute atomic E-state index is 12.7. The second-order valence-corrected chi connectivity index (χ2v) is 7.23. The molecule has 1 N–H and O–H groups in total. The Morgan fingerprint density at radius 1 is 1.19 bits per heavy atom. The molecule has 6 heteroatoms. The number of amides is 2. The number of rotatable bonds is 6. The number of likely N-dealkylation sites (tertiary alicyclic amines) is 1. The third kappa shape index (κ3) is 4.62. The van der Waals surface area contributed by atoms with Crippen LogP contribution in [0.2, 0.25) is 0 Å².